The molecule has 0 aliphatic carbocycles. The van der Waals surface area contributed by atoms with E-state index in [0.717, 1.165) is 56.3 Å². The molecule has 1 saturated heterocycles. The molecule has 1 aliphatic heterocycles. The van der Waals surface area contributed by atoms with E-state index in [9.17, 15) is 0 Å². The first-order valence-electron chi connectivity index (χ1n) is 11.1. The molecular weight excluding hydrogens is 404 g/mol. The van der Waals surface area contributed by atoms with Gasteiger partial charge in [-0.1, -0.05) is 36.4 Å². The highest BCUT2D eigenvalue weighted by Gasteiger charge is 2.21. The van der Waals surface area contributed by atoms with Gasteiger partial charge in [0, 0.05) is 44.8 Å². The molecule has 6 heteroatoms. The third-order valence-electron chi connectivity index (χ3n) is 6.04. The lowest BCUT2D eigenvalue weighted by atomic mass is 10.1. The normalized spacial score (nSPS) is 15.0. The molecule has 3 aromatic carbocycles. The van der Waals surface area contributed by atoms with Gasteiger partial charge in [0.2, 0.25) is 5.75 Å². The van der Waals surface area contributed by atoms with Crippen molar-refractivity contribution in [2.45, 2.75) is 6.54 Å². The number of piperazine rings is 1. The van der Waals surface area contributed by atoms with Gasteiger partial charge >= 0.3 is 0 Å². The first-order valence-corrected chi connectivity index (χ1v) is 11.1. The van der Waals surface area contributed by atoms with Gasteiger partial charge in [0.25, 0.3) is 0 Å². The van der Waals surface area contributed by atoms with Crippen LogP contribution < -0.4 is 18.9 Å². The van der Waals surface area contributed by atoms with Crippen molar-refractivity contribution in [1.82, 2.24) is 9.80 Å². The molecule has 0 N–H and O–H groups in total. The van der Waals surface area contributed by atoms with E-state index >= 15 is 0 Å². The maximum Gasteiger partial charge on any atom is 0.203 e. The van der Waals surface area contributed by atoms with Gasteiger partial charge in [-0.3, -0.25) is 9.80 Å². The fraction of sp³-hybridized carbons (Fsp3) is 0.385. The van der Waals surface area contributed by atoms with Crippen molar-refractivity contribution in [3.63, 3.8) is 0 Å². The summed E-state index contributed by atoms with van der Waals surface area (Å²) in [5.41, 5.74) is 1.11. The minimum Gasteiger partial charge on any atom is -0.493 e. The van der Waals surface area contributed by atoms with Crippen LogP contribution in [0.25, 0.3) is 10.8 Å². The number of hydrogen-bond donors (Lipinski definition) is 0. The molecular formula is C26H32N2O4. The number of hydrogen-bond acceptors (Lipinski definition) is 6. The zero-order chi connectivity index (χ0) is 22.3. The Morgan fingerprint density at radius 3 is 2.16 bits per heavy atom. The molecule has 4 rings (SSSR count). The lowest BCUT2D eigenvalue weighted by molar-refractivity contribution is 0.112. The molecule has 1 aliphatic rings. The van der Waals surface area contributed by atoms with Crippen molar-refractivity contribution in [3.05, 3.63) is 60.2 Å². The highest BCUT2D eigenvalue weighted by atomic mass is 16.5. The van der Waals surface area contributed by atoms with Gasteiger partial charge in [0.1, 0.15) is 12.4 Å². The van der Waals surface area contributed by atoms with E-state index in [-0.39, 0.29) is 0 Å². The molecule has 0 bridgehead atoms. The second-order valence-corrected chi connectivity index (χ2v) is 7.97. The molecule has 0 atom stereocenters. The SMILES string of the molecule is COc1ccc(CN2CCN(CCOc3ccc4ccccc4c3)CC2)c(OC)c1OC. The monoisotopic (exact) mass is 436 g/mol. The van der Waals surface area contributed by atoms with Crippen molar-refractivity contribution in [2.24, 2.45) is 0 Å². The van der Waals surface area contributed by atoms with Crippen molar-refractivity contribution in [1.29, 1.82) is 0 Å². The predicted octanol–water partition coefficient (Wildman–Crippen LogP) is 4.06. The maximum absolute atomic E-state index is 6.02. The summed E-state index contributed by atoms with van der Waals surface area (Å²) < 4.78 is 22.6. The molecule has 0 aromatic heterocycles. The van der Waals surface area contributed by atoms with Crippen molar-refractivity contribution >= 4 is 10.8 Å². The summed E-state index contributed by atoms with van der Waals surface area (Å²) >= 11 is 0. The van der Waals surface area contributed by atoms with Gasteiger partial charge < -0.3 is 18.9 Å². The summed E-state index contributed by atoms with van der Waals surface area (Å²) in [4.78, 5) is 4.91. The van der Waals surface area contributed by atoms with Crippen molar-refractivity contribution in [2.75, 3.05) is 60.7 Å². The minimum atomic E-state index is 0.650. The topological polar surface area (TPSA) is 43.4 Å². The molecule has 170 valence electrons. The molecule has 0 saturated carbocycles. The Hall–Kier alpha value is -2.96. The van der Waals surface area contributed by atoms with Crippen LogP contribution in [0.15, 0.2) is 54.6 Å². The Balaban J connectivity index is 1.26. The van der Waals surface area contributed by atoms with Crippen molar-refractivity contribution in [3.8, 4) is 23.0 Å². The van der Waals surface area contributed by atoms with Crippen LogP contribution in [0.5, 0.6) is 23.0 Å². The minimum absolute atomic E-state index is 0.650. The molecule has 0 amide bonds. The third kappa shape index (κ3) is 5.09. The lowest BCUT2D eigenvalue weighted by Gasteiger charge is -2.35. The lowest BCUT2D eigenvalue weighted by Crippen LogP contribution is -2.47. The van der Waals surface area contributed by atoms with Gasteiger partial charge in [0.05, 0.1) is 21.3 Å². The molecule has 0 spiro atoms. The van der Waals surface area contributed by atoms with Gasteiger partial charge in [0.15, 0.2) is 11.5 Å². The summed E-state index contributed by atoms with van der Waals surface area (Å²) in [6.45, 7) is 6.52. The van der Waals surface area contributed by atoms with Crippen LogP contribution in [0, 0.1) is 0 Å². The fourth-order valence-electron chi connectivity index (χ4n) is 4.25. The largest absolute Gasteiger partial charge is 0.493 e. The Kier molecular flexibility index (Phi) is 7.35. The molecule has 1 heterocycles. The summed E-state index contributed by atoms with van der Waals surface area (Å²) in [6, 6.07) is 18.6. The van der Waals surface area contributed by atoms with Gasteiger partial charge in [-0.25, -0.2) is 0 Å². The average molecular weight is 437 g/mol. The number of methoxy groups -OCH3 is 3. The van der Waals surface area contributed by atoms with Crippen LogP contribution in [0.1, 0.15) is 5.56 Å². The molecule has 6 nitrogen and oxygen atoms in total. The molecule has 32 heavy (non-hydrogen) atoms. The van der Waals surface area contributed by atoms with Gasteiger partial charge in [-0.15, -0.1) is 0 Å². The Labute approximate surface area is 190 Å². The van der Waals surface area contributed by atoms with Crippen LogP contribution in [0.4, 0.5) is 0 Å². The average Bonchev–Trinajstić information content (AvgIpc) is 2.84. The standard InChI is InChI=1S/C26H32N2O4/c1-29-24-11-9-22(25(30-2)26(24)31-3)19-28-14-12-27(13-15-28)16-17-32-23-10-8-20-6-4-5-7-21(20)18-23/h4-11,18H,12-17,19H2,1-3H3. The van der Waals surface area contributed by atoms with Crippen LogP contribution in [0.2, 0.25) is 0 Å². The summed E-state index contributed by atoms with van der Waals surface area (Å²) in [7, 11) is 4.96. The number of ether oxygens (including phenoxy) is 4. The quantitative estimate of drug-likeness (QED) is 0.504. The summed E-state index contributed by atoms with van der Waals surface area (Å²) in [6.07, 6.45) is 0. The van der Waals surface area contributed by atoms with E-state index in [1.807, 2.05) is 6.07 Å². The highest BCUT2D eigenvalue weighted by Crippen LogP contribution is 2.40. The Morgan fingerprint density at radius 1 is 0.719 bits per heavy atom. The predicted molar refractivity (Wildman–Crippen MR) is 127 cm³/mol. The van der Waals surface area contributed by atoms with Crippen LogP contribution in [-0.2, 0) is 6.54 Å². The van der Waals surface area contributed by atoms with Crippen molar-refractivity contribution < 1.29 is 18.9 Å². The van der Waals surface area contributed by atoms with Crippen LogP contribution in [0.3, 0.4) is 0 Å². The second-order valence-electron chi connectivity index (χ2n) is 7.97. The van der Waals surface area contributed by atoms with Gasteiger partial charge in [-0.05, 0) is 29.0 Å². The van der Waals surface area contributed by atoms with Gasteiger partial charge in [-0.2, -0.15) is 0 Å². The second kappa shape index (κ2) is 10.6. The maximum atomic E-state index is 6.02. The molecule has 0 radical (unpaired) electrons. The molecule has 3 aromatic rings. The van der Waals surface area contributed by atoms with E-state index in [4.69, 9.17) is 18.9 Å². The number of fused-ring (bicyclic) bond motifs is 1. The zero-order valence-electron chi connectivity index (χ0n) is 19.2. The highest BCUT2D eigenvalue weighted by molar-refractivity contribution is 5.83. The first kappa shape index (κ1) is 22.2. The Morgan fingerprint density at radius 2 is 1.44 bits per heavy atom. The number of benzene rings is 3. The summed E-state index contributed by atoms with van der Waals surface area (Å²) in [5, 5.41) is 2.45. The van der Waals surface area contributed by atoms with E-state index < -0.39 is 0 Å². The van der Waals surface area contributed by atoms with E-state index in [1.54, 1.807) is 21.3 Å². The molecule has 0 unspecified atom stereocenters. The molecule has 1 fully saturated rings. The van der Waals surface area contributed by atoms with E-state index in [1.165, 1.54) is 10.8 Å². The first-order chi connectivity index (χ1) is 15.7. The zero-order valence-corrected chi connectivity index (χ0v) is 19.2. The van der Waals surface area contributed by atoms with Crippen LogP contribution in [-0.4, -0.2) is 70.5 Å². The van der Waals surface area contributed by atoms with Crippen LogP contribution >= 0.6 is 0 Å². The van der Waals surface area contributed by atoms with E-state index in [2.05, 4.69) is 58.3 Å². The number of rotatable bonds is 9. The van der Waals surface area contributed by atoms with E-state index in [0.29, 0.717) is 18.1 Å². The third-order valence-corrected chi connectivity index (χ3v) is 6.04. The summed E-state index contributed by atoms with van der Waals surface area (Å²) in [5.74, 6) is 3.02. The smallest absolute Gasteiger partial charge is 0.203 e. The number of nitrogens with zero attached hydrogens (tertiary/aromatic N) is 2. The Bertz CT molecular complexity index is 1030. The fourth-order valence-corrected chi connectivity index (χ4v) is 4.25.